The Morgan fingerprint density at radius 1 is 1.13 bits per heavy atom. The Morgan fingerprint density at radius 2 is 1.80 bits per heavy atom. The van der Waals surface area contributed by atoms with Crippen LogP contribution < -0.4 is 5.32 Å². The van der Waals surface area contributed by atoms with Gasteiger partial charge in [0.15, 0.2) is 0 Å². The molecule has 0 aliphatic carbocycles. The molecule has 0 aliphatic heterocycles. The highest BCUT2D eigenvalue weighted by atomic mass is 35.5. The van der Waals surface area contributed by atoms with Crippen molar-refractivity contribution in [1.29, 1.82) is 0 Å². The summed E-state index contributed by atoms with van der Waals surface area (Å²) in [6.45, 7) is 2.50. The highest BCUT2D eigenvalue weighted by Crippen LogP contribution is 2.19. The van der Waals surface area contributed by atoms with E-state index in [4.69, 9.17) is 27.9 Å². The van der Waals surface area contributed by atoms with E-state index in [1.165, 1.54) is 0 Å². The Labute approximate surface area is 101 Å². The van der Waals surface area contributed by atoms with Crippen molar-refractivity contribution in [2.24, 2.45) is 0 Å². The van der Waals surface area contributed by atoms with E-state index in [9.17, 15) is 0 Å². The van der Waals surface area contributed by atoms with Crippen molar-refractivity contribution < 1.29 is 4.74 Å². The van der Waals surface area contributed by atoms with E-state index in [2.05, 4.69) is 5.32 Å². The number of rotatable bonds is 6. The van der Waals surface area contributed by atoms with Gasteiger partial charge in [-0.2, -0.15) is 0 Å². The van der Waals surface area contributed by atoms with Crippen molar-refractivity contribution in [3.63, 3.8) is 0 Å². The van der Waals surface area contributed by atoms with Crippen LogP contribution in [-0.2, 0) is 11.2 Å². The third-order valence-electron chi connectivity index (χ3n) is 2.00. The first-order chi connectivity index (χ1) is 7.22. The van der Waals surface area contributed by atoms with Crippen LogP contribution in [0.15, 0.2) is 18.2 Å². The van der Waals surface area contributed by atoms with Crippen LogP contribution in [0.25, 0.3) is 0 Å². The van der Waals surface area contributed by atoms with Crippen molar-refractivity contribution in [2.75, 3.05) is 26.8 Å². The van der Waals surface area contributed by atoms with Gasteiger partial charge in [0.05, 0.1) is 6.61 Å². The smallest absolute Gasteiger partial charge is 0.0587 e. The molecule has 0 aromatic heterocycles. The molecule has 1 N–H and O–H groups in total. The molecule has 1 rings (SSSR count). The van der Waals surface area contributed by atoms with E-state index in [0.717, 1.165) is 31.7 Å². The fraction of sp³-hybridized carbons (Fsp3) is 0.455. The number of hydrogen-bond donors (Lipinski definition) is 1. The Morgan fingerprint density at radius 3 is 2.40 bits per heavy atom. The van der Waals surface area contributed by atoms with Gasteiger partial charge in [0.2, 0.25) is 0 Å². The zero-order valence-corrected chi connectivity index (χ0v) is 10.2. The van der Waals surface area contributed by atoms with E-state index in [1.54, 1.807) is 13.2 Å². The maximum atomic E-state index is 5.89. The summed E-state index contributed by atoms with van der Waals surface area (Å²) in [5, 5.41) is 4.64. The summed E-state index contributed by atoms with van der Waals surface area (Å²) in [7, 11) is 1.69. The Hall–Kier alpha value is -0.280. The fourth-order valence-corrected chi connectivity index (χ4v) is 1.86. The van der Waals surface area contributed by atoms with Crippen molar-refractivity contribution in [3.05, 3.63) is 33.8 Å². The quantitative estimate of drug-likeness (QED) is 0.781. The van der Waals surface area contributed by atoms with E-state index < -0.39 is 0 Å². The highest BCUT2D eigenvalue weighted by molar-refractivity contribution is 6.34. The highest BCUT2D eigenvalue weighted by Gasteiger charge is 1.97. The minimum atomic E-state index is 0.689. The summed E-state index contributed by atoms with van der Waals surface area (Å²) in [4.78, 5) is 0. The first-order valence-electron chi connectivity index (χ1n) is 4.87. The van der Waals surface area contributed by atoms with Crippen LogP contribution >= 0.6 is 23.2 Å². The first-order valence-corrected chi connectivity index (χ1v) is 5.62. The number of hydrogen-bond acceptors (Lipinski definition) is 2. The van der Waals surface area contributed by atoms with Crippen LogP contribution in [0.1, 0.15) is 5.56 Å². The number of halogens is 2. The van der Waals surface area contributed by atoms with Crippen molar-refractivity contribution in [2.45, 2.75) is 6.42 Å². The van der Waals surface area contributed by atoms with Crippen molar-refractivity contribution >= 4 is 23.2 Å². The maximum Gasteiger partial charge on any atom is 0.0587 e. The molecule has 0 unspecified atom stereocenters. The summed E-state index contributed by atoms with van der Waals surface area (Å²) in [5.74, 6) is 0. The summed E-state index contributed by atoms with van der Waals surface area (Å²) in [6.07, 6.45) is 0.921. The predicted molar refractivity (Wildman–Crippen MR) is 64.9 cm³/mol. The van der Waals surface area contributed by atoms with Crippen molar-refractivity contribution in [1.82, 2.24) is 5.32 Å². The normalized spacial score (nSPS) is 10.6. The van der Waals surface area contributed by atoms with Crippen molar-refractivity contribution in [3.8, 4) is 0 Å². The van der Waals surface area contributed by atoms with Crippen LogP contribution in [-0.4, -0.2) is 26.8 Å². The number of ether oxygens (including phenoxy) is 1. The van der Waals surface area contributed by atoms with Gasteiger partial charge in [0, 0.05) is 23.7 Å². The predicted octanol–water partition coefficient (Wildman–Crippen LogP) is 2.77. The SMILES string of the molecule is COCCNCCc1cc(Cl)cc(Cl)c1. The molecule has 0 heterocycles. The summed E-state index contributed by atoms with van der Waals surface area (Å²) >= 11 is 11.8. The molecule has 0 fully saturated rings. The van der Waals surface area contributed by atoms with E-state index >= 15 is 0 Å². The molecule has 0 saturated heterocycles. The van der Waals surface area contributed by atoms with Crippen LogP contribution in [0.3, 0.4) is 0 Å². The Kier molecular flexibility index (Phi) is 6.03. The van der Waals surface area contributed by atoms with Gasteiger partial charge in [0.25, 0.3) is 0 Å². The fourth-order valence-electron chi connectivity index (χ4n) is 1.29. The lowest BCUT2D eigenvalue weighted by atomic mass is 10.1. The molecule has 0 amide bonds. The lowest BCUT2D eigenvalue weighted by Crippen LogP contribution is -2.21. The maximum absolute atomic E-state index is 5.89. The molecule has 0 aliphatic rings. The van der Waals surface area contributed by atoms with Crippen LogP contribution in [0.5, 0.6) is 0 Å². The monoisotopic (exact) mass is 247 g/mol. The summed E-state index contributed by atoms with van der Waals surface area (Å²) < 4.78 is 4.93. The van der Waals surface area contributed by atoms with Gasteiger partial charge < -0.3 is 10.1 Å². The largest absolute Gasteiger partial charge is 0.383 e. The molecule has 0 bridgehead atoms. The zero-order valence-electron chi connectivity index (χ0n) is 8.72. The Bertz CT molecular complexity index is 284. The van der Waals surface area contributed by atoms with E-state index in [0.29, 0.717) is 10.0 Å². The molecule has 4 heteroatoms. The third-order valence-corrected chi connectivity index (χ3v) is 2.43. The second-order valence-electron chi connectivity index (χ2n) is 3.27. The summed E-state index contributed by atoms with van der Waals surface area (Å²) in [6, 6.07) is 5.61. The molecule has 0 saturated carbocycles. The molecule has 0 atom stereocenters. The Balaban J connectivity index is 2.31. The average molecular weight is 248 g/mol. The molecule has 1 aromatic carbocycles. The molecular weight excluding hydrogens is 233 g/mol. The van der Waals surface area contributed by atoms with Gasteiger partial charge >= 0.3 is 0 Å². The molecule has 2 nitrogen and oxygen atoms in total. The van der Waals surface area contributed by atoms with Gasteiger partial charge in [-0.25, -0.2) is 0 Å². The van der Waals surface area contributed by atoms with Gasteiger partial charge in [-0.1, -0.05) is 23.2 Å². The van der Waals surface area contributed by atoms with Gasteiger partial charge in [-0.15, -0.1) is 0 Å². The molecular formula is C11H15Cl2NO. The minimum absolute atomic E-state index is 0.689. The van der Waals surface area contributed by atoms with Gasteiger partial charge in [-0.05, 0) is 36.7 Å². The van der Waals surface area contributed by atoms with Crippen LogP contribution in [0, 0.1) is 0 Å². The topological polar surface area (TPSA) is 21.3 Å². The number of nitrogens with one attached hydrogen (secondary N) is 1. The van der Waals surface area contributed by atoms with E-state index in [1.807, 2.05) is 12.1 Å². The van der Waals surface area contributed by atoms with Crippen LogP contribution in [0.4, 0.5) is 0 Å². The number of benzene rings is 1. The van der Waals surface area contributed by atoms with Gasteiger partial charge in [-0.3, -0.25) is 0 Å². The van der Waals surface area contributed by atoms with Crippen LogP contribution in [0.2, 0.25) is 10.0 Å². The molecule has 1 aromatic rings. The average Bonchev–Trinajstić information content (AvgIpc) is 2.16. The minimum Gasteiger partial charge on any atom is -0.383 e. The second kappa shape index (κ2) is 7.07. The molecule has 0 radical (unpaired) electrons. The van der Waals surface area contributed by atoms with Gasteiger partial charge in [0.1, 0.15) is 0 Å². The van der Waals surface area contributed by atoms with E-state index in [-0.39, 0.29) is 0 Å². The molecule has 0 spiro atoms. The number of methoxy groups -OCH3 is 1. The first kappa shape index (κ1) is 12.8. The molecule has 15 heavy (non-hydrogen) atoms. The second-order valence-corrected chi connectivity index (χ2v) is 4.14. The summed E-state index contributed by atoms with van der Waals surface area (Å²) in [5.41, 5.74) is 1.15. The lowest BCUT2D eigenvalue weighted by Gasteiger charge is -2.05. The molecule has 84 valence electrons. The lowest BCUT2D eigenvalue weighted by molar-refractivity contribution is 0.199. The zero-order chi connectivity index (χ0) is 11.1. The third kappa shape index (κ3) is 5.38. The standard InChI is InChI=1S/C11H15Cl2NO/c1-15-5-4-14-3-2-9-6-10(12)8-11(13)7-9/h6-8,14H,2-5H2,1H3.